The highest BCUT2D eigenvalue weighted by atomic mass is 15.2. The van der Waals surface area contributed by atoms with E-state index in [0.29, 0.717) is 0 Å². The molecule has 1 aliphatic rings. The average Bonchev–Trinajstić information content (AvgIpc) is 2.91. The van der Waals surface area contributed by atoms with Crippen molar-refractivity contribution >= 4 is 23.0 Å². The standard InChI is InChI=1S/C23H21N3/c1-16-8-12-18(13-9-16)24-22-20-6-4-5-7-21(20)23(26(22)3)25-19-14-10-17(2)11-15-19/h4-15H,1-3H3. The topological polar surface area (TPSA) is 28.0 Å². The summed E-state index contributed by atoms with van der Waals surface area (Å²) in [5, 5.41) is 0. The normalized spacial score (nSPS) is 16.3. The van der Waals surface area contributed by atoms with E-state index in [0.717, 1.165) is 34.2 Å². The van der Waals surface area contributed by atoms with Crippen LogP contribution in [0.25, 0.3) is 0 Å². The van der Waals surface area contributed by atoms with Gasteiger partial charge in [-0.25, -0.2) is 9.98 Å². The van der Waals surface area contributed by atoms with E-state index in [1.165, 1.54) is 11.1 Å². The fourth-order valence-electron chi connectivity index (χ4n) is 3.09. The number of nitrogens with zero attached hydrogens (tertiary/aromatic N) is 3. The first kappa shape index (κ1) is 16.3. The lowest BCUT2D eigenvalue weighted by molar-refractivity contribution is 0.771. The molecule has 3 aromatic carbocycles. The summed E-state index contributed by atoms with van der Waals surface area (Å²) >= 11 is 0. The molecule has 0 unspecified atom stereocenters. The van der Waals surface area contributed by atoms with E-state index in [1.54, 1.807) is 0 Å². The van der Waals surface area contributed by atoms with Crippen molar-refractivity contribution in [2.24, 2.45) is 9.98 Å². The predicted octanol–water partition coefficient (Wildman–Crippen LogP) is 5.41. The van der Waals surface area contributed by atoms with Gasteiger partial charge in [-0.05, 0) is 38.1 Å². The van der Waals surface area contributed by atoms with E-state index in [9.17, 15) is 0 Å². The molecule has 0 saturated heterocycles. The fourth-order valence-corrected chi connectivity index (χ4v) is 3.09. The Morgan fingerprint density at radius 3 is 1.35 bits per heavy atom. The Hall–Kier alpha value is -3.20. The van der Waals surface area contributed by atoms with Crippen LogP contribution >= 0.6 is 0 Å². The van der Waals surface area contributed by atoms with Gasteiger partial charge in [-0.15, -0.1) is 0 Å². The monoisotopic (exact) mass is 339 g/mol. The van der Waals surface area contributed by atoms with Crippen molar-refractivity contribution in [1.29, 1.82) is 0 Å². The maximum atomic E-state index is 4.89. The smallest absolute Gasteiger partial charge is 0.142 e. The predicted molar refractivity (Wildman–Crippen MR) is 109 cm³/mol. The molecular weight excluding hydrogens is 318 g/mol. The fraction of sp³-hybridized carbons (Fsp3) is 0.130. The summed E-state index contributed by atoms with van der Waals surface area (Å²) in [5.74, 6) is 1.85. The molecule has 0 spiro atoms. The Balaban J connectivity index is 1.81. The van der Waals surface area contributed by atoms with Gasteiger partial charge in [0, 0.05) is 18.2 Å². The maximum absolute atomic E-state index is 4.89. The number of hydrogen-bond donors (Lipinski definition) is 0. The van der Waals surface area contributed by atoms with Crippen molar-refractivity contribution in [3.8, 4) is 0 Å². The van der Waals surface area contributed by atoms with Crippen LogP contribution in [0.1, 0.15) is 22.3 Å². The van der Waals surface area contributed by atoms with Crippen LogP contribution < -0.4 is 0 Å². The minimum absolute atomic E-state index is 0.926. The lowest BCUT2D eigenvalue weighted by Crippen LogP contribution is -2.26. The summed E-state index contributed by atoms with van der Waals surface area (Å²) in [5.41, 5.74) is 6.59. The molecule has 1 heterocycles. The van der Waals surface area contributed by atoms with Gasteiger partial charge in [-0.3, -0.25) is 0 Å². The molecule has 26 heavy (non-hydrogen) atoms. The van der Waals surface area contributed by atoms with Crippen LogP contribution in [0.15, 0.2) is 82.8 Å². The molecule has 0 aromatic heterocycles. The highest BCUT2D eigenvalue weighted by Gasteiger charge is 2.28. The van der Waals surface area contributed by atoms with Crippen molar-refractivity contribution in [3.05, 3.63) is 95.1 Å². The van der Waals surface area contributed by atoms with E-state index in [-0.39, 0.29) is 0 Å². The Bertz CT molecular complexity index is 914. The summed E-state index contributed by atoms with van der Waals surface area (Å²) in [4.78, 5) is 11.9. The Morgan fingerprint density at radius 2 is 0.962 bits per heavy atom. The van der Waals surface area contributed by atoms with E-state index in [2.05, 4.69) is 55.1 Å². The largest absolute Gasteiger partial charge is 0.313 e. The minimum atomic E-state index is 0.926. The molecule has 0 N–H and O–H groups in total. The van der Waals surface area contributed by atoms with Gasteiger partial charge in [-0.2, -0.15) is 0 Å². The number of rotatable bonds is 2. The average molecular weight is 339 g/mol. The van der Waals surface area contributed by atoms with Gasteiger partial charge >= 0.3 is 0 Å². The molecule has 0 saturated carbocycles. The van der Waals surface area contributed by atoms with Crippen molar-refractivity contribution in [1.82, 2.24) is 4.90 Å². The quantitative estimate of drug-likeness (QED) is 0.614. The number of amidine groups is 2. The Labute approximate surface area is 154 Å². The second-order valence-corrected chi connectivity index (χ2v) is 6.65. The van der Waals surface area contributed by atoms with Gasteiger partial charge in [0.2, 0.25) is 0 Å². The molecule has 0 aliphatic carbocycles. The van der Waals surface area contributed by atoms with Crippen molar-refractivity contribution < 1.29 is 0 Å². The highest BCUT2D eigenvalue weighted by molar-refractivity contribution is 6.25. The van der Waals surface area contributed by atoms with E-state index in [1.807, 2.05) is 43.4 Å². The first-order valence-electron chi connectivity index (χ1n) is 8.76. The third kappa shape index (κ3) is 3.04. The molecule has 128 valence electrons. The van der Waals surface area contributed by atoms with E-state index >= 15 is 0 Å². The Morgan fingerprint density at radius 1 is 0.577 bits per heavy atom. The molecular formula is C23H21N3. The second kappa shape index (κ2) is 6.60. The number of benzene rings is 3. The summed E-state index contributed by atoms with van der Waals surface area (Å²) in [6.07, 6.45) is 0. The summed E-state index contributed by atoms with van der Waals surface area (Å²) in [6.45, 7) is 4.17. The van der Waals surface area contributed by atoms with Crippen molar-refractivity contribution in [2.45, 2.75) is 13.8 Å². The second-order valence-electron chi connectivity index (χ2n) is 6.65. The first-order chi connectivity index (χ1) is 12.6. The molecule has 1 aliphatic heterocycles. The van der Waals surface area contributed by atoms with Gasteiger partial charge in [0.05, 0.1) is 11.4 Å². The molecule has 0 amide bonds. The van der Waals surface area contributed by atoms with Crippen LogP contribution in [-0.4, -0.2) is 23.6 Å². The lowest BCUT2D eigenvalue weighted by Gasteiger charge is -2.14. The summed E-state index contributed by atoms with van der Waals surface area (Å²) < 4.78 is 0. The zero-order chi connectivity index (χ0) is 18.1. The molecule has 0 radical (unpaired) electrons. The summed E-state index contributed by atoms with van der Waals surface area (Å²) in [7, 11) is 2.03. The van der Waals surface area contributed by atoms with E-state index in [4.69, 9.17) is 9.98 Å². The van der Waals surface area contributed by atoms with Crippen LogP contribution in [0.5, 0.6) is 0 Å². The van der Waals surface area contributed by atoms with E-state index < -0.39 is 0 Å². The number of aryl methyl sites for hydroxylation is 2. The van der Waals surface area contributed by atoms with Gasteiger partial charge in [0.15, 0.2) is 0 Å². The molecule has 3 heteroatoms. The number of fused-ring (bicyclic) bond motifs is 1. The van der Waals surface area contributed by atoms with Gasteiger partial charge in [0.1, 0.15) is 11.7 Å². The zero-order valence-electron chi connectivity index (χ0n) is 15.3. The van der Waals surface area contributed by atoms with Crippen LogP contribution in [0.2, 0.25) is 0 Å². The Kier molecular flexibility index (Phi) is 4.13. The summed E-state index contributed by atoms with van der Waals surface area (Å²) in [6, 6.07) is 24.8. The number of hydrogen-bond acceptors (Lipinski definition) is 2. The lowest BCUT2D eigenvalue weighted by atomic mass is 10.1. The molecule has 3 aromatic rings. The van der Waals surface area contributed by atoms with Gasteiger partial charge < -0.3 is 4.90 Å². The molecule has 0 bridgehead atoms. The van der Waals surface area contributed by atoms with Crippen LogP contribution in [0.3, 0.4) is 0 Å². The van der Waals surface area contributed by atoms with Gasteiger partial charge in [-0.1, -0.05) is 59.7 Å². The highest BCUT2D eigenvalue weighted by Crippen LogP contribution is 2.27. The molecule has 3 nitrogen and oxygen atoms in total. The molecule has 0 fully saturated rings. The number of aliphatic imine (C=N–C) groups is 2. The zero-order valence-corrected chi connectivity index (χ0v) is 15.3. The van der Waals surface area contributed by atoms with Crippen LogP contribution in [0, 0.1) is 13.8 Å². The van der Waals surface area contributed by atoms with Crippen LogP contribution in [0.4, 0.5) is 11.4 Å². The molecule has 0 atom stereocenters. The minimum Gasteiger partial charge on any atom is -0.313 e. The maximum Gasteiger partial charge on any atom is 0.142 e. The van der Waals surface area contributed by atoms with Crippen LogP contribution in [-0.2, 0) is 0 Å². The third-order valence-corrected chi connectivity index (χ3v) is 4.58. The van der Waals surface area contributed by atoms with Gasteiger partial charge in [0.25, 0.3) is 0 Å². The van der Waals surface area contributed by atoms with Crippen molar-refractivity contribution in [3.63, 3.8) is 0 Å². The molecule has 4 rings (SSSR count). The first-order valence-corrected chi connectivity index (χ1v) is 8.76. The third-order valence-electron chi connectivity index (χ3n) is 4.58. The SMILES string of the molecule is Cc1ccc(N=C2c3ccccc3C(=Nc3ccc(C)cc3)N2C)cc1. The van der Waals surface area contributed by atoms with Crippen molar-refractivity contribution in [2.75, 3.05) is 7.05 Å².